The van der Waals surface area contributed by atoms with Crippen molar-refractivity contribution in [3.05, 3.63) is 30.3 Å². The molecule has 108 valence electrons. The smallest absolute Gasteiger partial charge is 0.163 e. The van der Waals surface area contributed by atoms with E-state index in [1.165, 1.54) is 6.07 Å². The first-order valence-electron chi connectivity index (χ1n) is 6.33. The molecule has 0 aliphatic carbocycles. The van der Waals surface area contributed by atoms with Crippen LogP contribution in [0.4, 0.5) is 5.69 Å². The van der Waals surface area contributed by atoms with Crippen LogP contribution in [0.1, 0.15) is 0 Å². The van der Waals surface area contributed by atoms with Gasteiger partial charge in [-0.05, 0) is 12.1 Å². The Bertz CT molecular complexity index is 770. The van der Waals surface area contributed by atoms with Crippen molar-refractivity contribution in [2.24, 2.45) is 0 Å². The van der Waals surface area contributed by atoms with Crippen molar-refractivity contribution in [2.45, 2.75) is 0 Å². The van der Waals surface area contributed by atoms with Gasteiger partial charge in [0.05, 0.1) is 30.8 Å². The summed E-state index contributed by atoms with van der Waals surface area (Å²) >= 11 is 0. The van der Waals surface area contributed by atoms with Gasteiger partial charge in [-0.1, -0.05) is 0 Å². The van der Waals surface area contributed by atoms with Gasteiger partial charge in [0.25, 0.3) is 0 Å². The average Bonchev–Trinajstić information content (AvgIpc) is 2.87. The maximum absolute atomic E-state index is 9.98. The lowest BCUT2D eigenvalue weighted by atomic mass is 10.2. The first kappa shape index (κ1) is 13.1. The Morgan fingerprint density at radius 3 is 2.48 bits per heavy atom. The molecule has 0 aliphatic rings. The van der Waals surface area contributed by atoms with Crippen LogP contribution in [-0.2, 0) is 0 Å². The fraction of sp³-hybridized carbons (Fsp3) is 0.133. The lowest BCUT2D eigenvalue weighted by Crippen LogP contribution is -1.89. The number of nitrogens with one attached hydrogen (secondary N) is 1. The Balaban J connectivity index is 2.16. The molecule has 0 bridgehead atoms. The quantitative estimate of drug-likeness (QED) is 0.643. The van der Waals surface area contributed by atoms with E-state index in [0.717, 1.165) is 11.0 Å². The number of rotatable bonds is 3. The summed E-state index contributed by atoms with van der Waals surface area (Å²) in [4.78, 5) is 7.62. The third-order valence-corrected chi connectivity index (χ3v) is 3.26. The van der Waals surface area contributed by atoms with Gasteiger partial charge in [0.1, 0.15) is 11.6 Å². The third-order valence-electron chi connectivity index (χ3n) is 3.26. The molecular weight excluding hydrogens is 270 g/mol. The molecule has 0 saturated carbocycles. The van der Waals surface area contributed by atoms with Crippen LogP contribution in [0.5, 0.6) is 17.2 Å². The van der Waals surface area contributed by atoms with Gasteiger partial charge in [-0.25, -0.2) is 4.98 Å². The maximum Gasteiger partial charge on any atom is 0.163 e. The summed E-state index contributed by atoms with van der Waals surface area (Å²) in [5.41, 5.74) is 8.22. The SMILES string of the molecule is COc1cc2nc(-c3ccc(N)cc3O)[nH]c2cc1OC. The molecule has 0 radical (unpaired) electrons. The number of nitrogen functional groups attached to an aromatic ring is 1. The fourth-order valence-corrected chi connectivity index (χ4v) is 2.21. The summed E-state index contributed by atoms with van der Waals surface area (Å²) in [6.45, 7) is 0. The lowest BCUT2D eigenvalue weighted by molar-refractivity contribution is 0.356. The van der Waals surface area contributed by atoms with Gasteiger partial charge < -0.3 is 25.3 Å². The standard InChI is InChI=1S/C15H15N3O3/c1-20-13-6-10-11(7-14(13)21-2)18-15(17-10)9-4-3-8(16)5-12(9)19/h3-7,19H,16H2,1-2H3,(H,17,18). The predicted octanol–water partition coefficient (Wildman–Crippen LogP) is 2.53. The van der Waals surface area contributed by atoms with Gasteiger partial charge in [-0.2, -0.15) is 0 Å². The summed E-state index contributed by atoms with van der Waals surface area (Å²) in [7, 11) is 3.15. The number of aromatic nitrogens is 2. The van der Waals surface area contributed by atoms with Crippen LogP contribution < -0.4 is 15.2 Å². The van der Waals surface area contributed by atoms with Crippen LogP contribution in [0.3, 0.4) is 0 Å². The van der Waals surface area contributed by atoms with E-state index in [2.05, 4.69) is 9.97 Å². The van der Waals surface area contributed by atoms with E-state index in [1.807, 2.05) is 0 Å². The van der Waals surface area contributed by atoms with Crippen LogP contribution in [0, 0.1) is 0 Å². The number of nitrogens with two attached hydrogens (primary N) is 1. The van der Waals surface area contributed by atoms with Gasteiger partial charge in [-0.15, -0.1) is 0 Å². The second kappa shape index (κ2) is 4.90. The summed E-state index contributed by atoms with van der Waals surface area (Å²) in [6.07, 6.45) is 0. The largest absolute Gasteiger partial charge is 0.507 e. The zero-order valence-electron chi connectivity index (χ0n) is 11.7. The molecule has 0 fully saturated rings. The first-order chi connectivity index (χ1) is 10.1. The number of ether oxygens (including phenoxy) is 2. The summed E-state index contributed by atoms with van der Waals surface area (Å²) in [6, 6.07) is 8.51. The number of aromatic amines is 1. The Kier molecular flexibility index (Phi) is 3.06. The number of aromatic hydroxyl groups is 1. The van der Waals surface area contributed by atoms with Crippen molar-refractivity contribution >= 4 is 16.7 Å². The van der Waals surface area contributed by atoms with E-state index in [9.17, 15) is 5.11 Å². The van der Waals surface area contributed by atoms with E-state index in [-0.39, 0.29) is 5.75 Å². The normalized spacial score (nSPS) is 10.8. The molecule has 1 aromatic heterocycles. The molecule has 6 heteroatoms. The van der Waals surface area contributed by atoms with E-state index >= 15 is 0 Å². The number of methoxy groups -OCH3 is 2. The molecule has 0 aliphatic heterocycles. The highest BCUT2D eigenvalue weighted by Crippen LogP contribution is 2.34. The van der Waals surface area contributed by atoms with Crippen molar-refractivity contribution in [1.82, 2.24) is 9.97 Å². The number of anilines is 1. The lowest BCUT2D eigenvalue weighted by Gasteiger charge is -2.06. The molecule has 1 heterocycles. The van der Waals surface area contributed by atoms with Gasteiger partial charge in [0.2, 0.25) is 0 Å². The number of fused-ring (bicyclic) bond motifs is 1. The van der Waals surface area contributed by atoms with Crippen LogP contribution in [0.15, 0.2) is 30.3 Å². The molecule has 4 N–H and O–H groups in total. The number of imidazole rings is 1. The number of phenols is 1. The number of nitrogens with zero attached hydrogens (tertiary/aromatic N) is 1. The topological polar surface area (TPSA) is 93.4 Å². The number of hydrogen-bond acceptors (Lipinski definition) is 5. The summed E-state index contributed by atoms with van der Waals surface area (Å²) in [5.74, 6) is 1.84. The van der Waals surface area contributed by atoms with E-state index < -0.39 is 0 Å². The Hall–Kier alpha value is -2.89. The minimum Gasteiger partial charge on any atom is -0.507 e. The zero-order chi connectivity index (χ0) is 15.0. The molecule has 0 spiro atoms. The molecule has 21 heavy (non-hydrogen) atoms. The van der Waals surface area contributed by atoms with Crippen molar-refractivity contribution in [3.8, 4) is 28.6 Å². The molecule has 6 nitrogen and oxygen atoms in total. The summed E-state index contributed by atoms with van der Waals surface area (Å²) < 4.78 is 10.5. The zero-order valence-corrected chi connectivity index (χ0v) is 11.7. The second-order valence-electron chi connectivity index (χ2n) is 4.59. The minimum absolute atomic E-state index is 0.0768. The maximum atomic E-state index is 9.98. The summed E-state index contributed by atoms with van der Waals surface area (Å²) in [5, 5.41) is 9.98. The number of phenolic OH excluding ortho intramolecular Hbond substituents is 1. The van der Waals surface area contributed by atoms with Crippen molar-refractivity contribution in [1.29, 1.82) is 0 Å². The minimum atomic E-state index is 0.0768. The van der Waals surface area contributed by atoms with Gasteiger partial charge >= 0.3 is 0 Å². The van der Waals surface area contributed by atoms with E-state index in [0.29, 0.717) is 28.6 Å². The highest BCUT2D eigenvalue weighted by molar-refractivity contribution is 5.84. The van der Waals surface area contributed by atoms with E-state index in [1.54, 1.807) is 38.5 Å². The van der Waals surface area contributed by atoms with Crippen molar-refractivity contribution in [2.75, 3.05) is 20.0 Å². The molecule has 3 rings (SSSR count). The van der Waals surface area contributed by atoms with Gasteiger partial charge in [0, 0.05) is 23.9 Å². The van der Waals surface area contributed by atoms with E-state index in [4.69, 9.17) is 15.2 Å². The second-order valence-corrected chi connectivity index (χ2v) is 4.59. The predicted molar refractivity (Wildman–Crippen MR) is 80.7 cm³/mol. The molecule has 0 atom stereocenters. The highest BCUT2D eigenvalue weighted by Gasteiger charge is 2.13. The van der Waals surface area contributed by atoms with Crippen LogP contribution >= 0.6 is 0 Å². The molecular formula is C15H15N3O3. The molecule has 2 aromatic carbocycles. The Labute approximate surface area is 121 Å². The number of hydrogen-bond donors (Lipinski definition) is 3. The average molecular weight is 285 g/mol. The van der Waals surface area contributed by atoms with Crippen molar-refractivity contribution in [3.63, 3.8) is 0 Å². The first-order valence-corrected chi connectivity index (χ1v) is 6.33. The third kappa shape index (κ3) is 2.20. The Morgan fingerprint density at radius 1 is 1.10 bits per heavy atom. The van der Waals surface area contributed by atoms with Gasteiger partial charge in [0.15, 0.2) is 11.5 Å². The highest BCUT2D eigenvalue weighted by atomic mass is 16.5. The molecule has 3 aromatic rings. The fourth-order valence-electron chi connectivity index (χ4n) is 2.21. The van der Waals surface area contributed by atoms with Crippen LogP contribution in [0.25, 0.3) is 22.4 Å². The van der Waals surface area contributed by atoms with Gasteiger partial charge in [-0.3, -0.25) is 0 Å². The molecule has 0 amide bonds. The van der Waals surface area contributed by atoms with Crippen LogP contribution in [0.2, 0.25) is 0 Å². The van der Waals surface area contributed by atoms with Crippen LogP contribution in [-0.4, -0.2) is 29.3 Å². The Morgan fingerprint density at radius 2 is 1.81 bits per heavy atom. The monoisotopic (exact) mass is 285 g/mol. The molecule has 0 unspecified atom stereocenters. The number of H-pyrrole nitrogens is 1. The van der Waals surface area contributed by atoms with Crippen molar-refractivity contribution < 1.29 is 14.6 Å². The molecule has 0 saturated heterocycles. The number of benzene rings is 2.